The van der Waals surface area contributed by atoms with E-state index in [4.69, 9.17) is 9.84 Å². The van der Waals surface area contributed by atoms with Crippen molar-refractivity contribution in [2.45, 2.75) is 43.4 Å². The fraction of sp³-hybridized carbons (Fsp3) is 0.714. The zero-order valence-corrected chi connectivity index (χ0v) is 11.1. The number of carbonyl (C=O) groups is 2. The van der Waals surface area contributed by atoms with Gasteiger partial charge in [-0.2, -0.15) is 0 Å². The molecule has 1 amide bonds. The molecule has 2 aliphatic heterocycles. The van der Waals surface area contributed by atoms with Crippen molar-refractivity contribution in [2.75, 3.05) is 6.61 Å². The minimum absolute atomic E-state index is 0.146. The van der Waals surface area contributed by atoms with E-state index in [1.165, 1.54) is 0 Å². The standard InChI is InChI=1S/C14H19NO5/c16-7-6-9-11-14(13(19)20-11,15-12(9)18)10(17)8-4-2-1-3-5-8/h2,4,8-11,16-17H,1,3,5-7H2,(H,15,18)/t8?,9-,10+,11+,14-/m1/s1. The van der Waals surface area contributed by atoms with Crippen LogP contribution in [0, 0.1) is 11.8 Å². The zero-order chi connectivity index (χ0) is 14.3. The number of hydrogen-bond donors (Lipinski definition) is 3. The van der Waals surface area contributed by atoms with E-state index in [-0.39, 0.29) is 24.9 Å². The number of esters is 1. The van der Waals surface area contributed by atoms with Crippen LogP contribution in [0.2, 0.25) is 0 Å². The van der Waals surface area contributed by atoms with Gasteiger partial charge in [-0.05, 0) is 25.7 Å². The molecule has 0 aromatic rings. The lowest BCUT2D eigenvalue weighted by Crippen LogP contribution is -2.74. The van der Waals surface area contributed by atoms with E-state index >= 15 is 0 Å². The van der Waals surface area contributed by atoms with Gasteiger partial charge in [-0.25, -0.2) is 4.79 Å². The summed E-state index contributed by atoms with van der Waals surface area (Å²) in [5.74, 6) is -1.61. The second-order valence-electron chi connectivity index (χ2n) is 5.77. The van der Waals surface area contributed by atoms with Crippen molar-refractivity contribution in [3.63, 3.8) is 0 Å². The highest BCUT2D eigenvalue weighted by molar-refractivity contribution is 6.00. The van der Waals surface area contributed by atoms with Gasteiger partial charge in [0.1, 0.15) is 6.10 Å². The fourth-order valence-electron chi connectivity index (χ4n) is 3.54. The van der Waals surface area contributed by atoms with Crippen LogP contribution in [0.5, 0.6) is 0 Å². The summed E-state index contributed by atoms with van der Waals surface area (Å²) in [7, 11) is 0. The van der Waals surface area contributed by atoms with E-state index in [1.54, 1.807) is 0 Å². The van der Waals surface area contributed by atoms with Gasteiger partial charge in [-0.3, -0.25) is 4.79 Å². The third-order valence-corrected chi connectivity index (χ3v) is 4.66. The van der Waals surface area contributed by atoms with Crippen molar-refractivity contribution in [1.29, 1.82) is 0 Å². The van der Waals surface area contributed by atoms with Crippen LogP contribution < -0.4 is 5.32 Å². The molecule has 0 saturated carbocycles. The summed E-state index contributed by atoms with van der Waals surface area (Å²) in [6.45, 7) is -0.151. The number of carbonyl (C=O) groups excluding carboxylic acids is 2. The van der Waals surface area contributed by atoms with Gasteiger partial charge in [0.25, 0.3) is 0 Å². The first-order valence-electron chi connectivity index (χ1n) is 7.10. The molecule has 6 nitrogen and oxygen atoms in total. The first kappa shape index (κ1) is 13.6. The van der Waals surface area contributed by atoms with E-state index in [0.717, 1.165) is 19.3 Å². The molecule has 1 aliphatic carbocycles. The van der Waals surface area contributed by atoms with Gasteiger partial charge in [-0.1, -0.05) is 12.2 Å². The van der Waals surface area contributed by atoms with E-state index in [0.29, 0.717) is 0 Å². The lowest BCUT2D eigenvalue weighted by Gasteiger charge is -2.47. The van der Waals surface area contributed by atoms with Gasteiger partial charge in [0.2, 0.25) is 11.4 Å². The maximum atomic E-state index is 12.0. The number of aliphatic hydroxyl groups excluding tert-OH is 2. The number of allylic oxidation sites excluding steroid dienone is 1. The molecule has 3 aliphatic rings. The van der Waals surface area contributed by atoms with E-state index in [2.05, 4.69) is 5.32 Å². The maximum Gasteiger partial charge on any atom is 0.339 e. The first-order chi connectivity index (χ1) is 9.61. The number of ether oxygens (including phenoxy) is 1. The Labute approximate surface area is 116 Å². The highest BCUT2D eigenvalue weighted by Crippen LogP contribution is 2.45. The number of amides is 1. The maximum absolute atomic E-state index is 12.0. The van der Waals surface area contributed by atoms with Crippen LogP contribution in [-0.4, -0.2) is 46.4 Å². The minimum atomic E-state index is -1.32. The van der Waals surface area contributed by atoms with Gasteiger partial charge in [0.05, 0.1) is 12.0 Å². The predicted molar refractivity (Wildman–Crippen MR) is 68.4 cm³/mol. The van der Waals surface area contributed by atoms with Crippen LogP contribution in [0.4, 0.5) is 0 Å². The summed E-state index contributed by atoms with van der Waals surface area (Å²) in [4.78, 5) is 23.9. The topological polar surface area (TPSA) is 95.9 Å². The van der Waals surface area contributed by atoms with E-state index in [1.807, 2.05) is 12.2 Å². The number of hydrogen-bond acceptors (Lipinski definition) is 5. The molecule has 110 valence electrons. The minimum Gasteiger partial charge on any atom is -0.456 e. The van der Waals surface area contributed by atoms with Crippen molar-refractivity contribution < 1.29 is 24.5 Å². The smallest absolute Gasteiger partial charge is 0.339 e. The monoisotopic (exact) mass is 281 g/mol. The molecule has 5 atom stereocenters. The molecule has 0 radical (unpaired) electrons. The number of rotatable bonds is 4. The molecule has 0 aromatic carbocycles. The summed E-state index contributed by atoms with van der Waals surface area (Å²) < 4.78 is 5.10. The molecule has 0 bridgehead atoms. The summed E-state index contributed by atoms with van der Waals surface area (Å²) in [6, 6.07) is 0. The average Bonchev–Trinajstić information content (AvgIpc) is 2.69. The van der Waals surface area contributed by atoms with Crippen molar-refractivity contribution >= 4 is 11.9 Å². The van der Waals surface area contributed by atoms with E-state index < -0.39 is 29.6 Å². The summed E-state index contributed by atoms with van der Waals surface area (Å²) in [5, 5.41) is 22.3. The van der Waals surface area contributed by atoms with Crippen LogP contribution in [-0.2, 0) is 14.3 Å². The number of aliphatic hydroxyl groups is 2. The Morgan fingerprint density at radius 3 is 2.90 bits per heavy atom. The normalized spacial score (nSPS) is 40.6. The third kappa shape index (κ3) is 1.71. The van der Waals surface area contributed by atoms with E-state index in [9.17, 15) is 14.7 Å². The van der Waals surface area contributed by atoms with Gasteiger partial charge in [-0.15, -0.1) is 0 Å². The van der Waals surface area contributed by atoms with Crippen molar-refractivity contribution in [2.24, 2.45) is 11.8 Å². The summed E-state index contributed by atoms with van der Waals surface area (Å²) in [6.07, 6.45) is 5.23. The zero-order valence-electron chi connectivity index (χ0n) is 11.1. The first-order valence-corrected chi connectivity index (χ1v) is 7.10. The van der Waals surface area contributed by atoms with Crippen molar-refractivity contribution in [3.05, 3.63) is 12.2 Å². The van der Waals surface area contributed by atoms with Crippen LogP contribution in [0.25, 0.3) is 0 Å². The number of fused-ring (bicyclic) bond motifs is 1. The number of nitrogens with one attached hydrogen (secondary N) is 1. The van der Waals surface area contributed by atoms with Crippen molar-refractivity contribution in [1.82, 2.24) is 5.32 Å². The second kappa shape index (κ2) is 4.86. The Hall–Kier alpha value is -1.40. The molecule has 3 N–H and O–H groups in total. The SMILES string of the molecule is O=C1N[C@@]2([C@@H](O)C3C=CCCC3)C(=O)O[C@H]2[C@H]1CCO. The molecule has 20 heavy (non-hydrogen) atoms. The Balaban J connectivity index is 1.86. The highest BCUT2D eigenvalue weighted by Gasteiger charge is 2.72. The van der Waals surface area contributed by atoms with Crippen LogP contribution in [0.3, 0.4) is 0 Å². The molecule has 1 unspecified atom stereocenters. The molecule has 0 aromatic heterocycles. The molecule has 2 heterocycles. The third-order valence-electron chi connectivity index (χ3n) is 4.66. The summed E-state index contributed by atoms with van der Waals surface area (Å²) in [5.41, 5.74) is -1.32. The lowest BCUT2D eigenvalue weighted by molar-refractivity contribution is -0.207. The summed E-state index contributed by atoms with van der Waals surface area (Å²) >= 11 is 0. The highest BCUT2D eigenvalue weighted by atomic mass is 16.6. The van der Waals surface area contributed by atoms with Crippen LogP contribution in [0.1, 0.15) is 25.7 Å². The Bertz CT molecular complexity index is 462. The van der Waals surface area contributed by atoms with Gasteiger partial charge < -0.3 is 20.3 Å². The molecular weight excluding hydrogens is 262 g/mol. The molecule has 2 saturated heterocycles. The van der Waals surface area contributed by atoms with Crippen molar-refractivity contribution in [3.8, 4) is 0 Å². The Morgan fingerprint density at radius 2 is 2.30 bits per heavy atom. The van der Waals surface area contributed by atoms with Crippen LogP contribution >= 0.6 is 0 Å². The quantitative estimate of drug-likeness (QED) is 0.477. The largest absolute Gasteiger partial charge is 0.456 e. The molecule has 2 fully saturated rings. The Kier molecular flexibility index (Phi) is 3.30. The molecule has 6 heteroatoms. The second-order valence-corrected chi connectivity index (χ2v) is 5.77. The Morgan fingerprint density at radius 1 is 1.50 bits per heavy atom. The average molecular weight is 281 g/mol. The van der Waals surface area contributed by atoms with Gasteiger partial charge in [0.15, 0.2) is 0 Å². The predicted octanol–water partition coefficient (Wildman–Crippen LogP) is -0.504. The van der Waals surface area contributed by atoms with Crippen LogP contribution in [0.15, 0.2) is 12.2 Å². The lowest BCUT2D eigenvalue weighted by atomic mass is 9.72. The molecular formula is C14H19NO5. The molecule has 0 spiro atoms. The van der Waals surface area contributed by atoms with Gasteiger partial charge in [0, 0.05) is 12.5 Å². The molecule has 3 rings (SSSR count). The fourth-order valence-corrected chi connectivity index (χ4v) is 3.54. The van der Waals surface area contributed by atoms with Gasteiger partial charge >= 0.3 is 5.97 Å².